The van der Waals surface area contributed by atoms with E-state index in [0.29, 0.717) is 55.0 Å². The number of hydrogen-bond donors (Lipinski definition) is 3. The fraction of sp³-hybridized carbons (Fsp3) is 0.327. The first-order valence-corrected chi connectivity index (χ1v) is 27.1. The molecule has 6 aromatic rings. The molecule has 7 rings (SSSR count). The molecule has 1 aliphatic heterocycles. The number of alkyl halides is 6. The molecule has 418 valence electrons. The Bertz CT molecular complexity index is 3390. The number of nitrogens with one attached hydrogen (secondary N) is 2. The number of quaternary nitrogens is 1. The number of carbonyl (C=O) groups is 2. The minimum Gasteiger partial charge on any atom is -0.399 e. The van der Waals surface area contributed by atoms with Gasteiger partial charge in [0.25, 0.3) is 22.9 Å². The summed E-state index contributed by atoms with van der Waals surface area (Å²) < 4.78 is 130. The van der Waals surface area contributed by atoms with Gasteiger partial charge in [-0.05, 0) is 111 Å². The lowest BCUT2D eigenvalue weighted by molar-refractivity contribution is -0.935. The number of nitrogen functional groups attached to an aromatic ring is 1. The van der Waals surface area contributed by atoms with E-state index in [1.807, 2.05) is 6.07 Å². The maximum atomic E-state index is 13.9. The van der Waals surface area contributed by atoms with Gasteiger partial charge in [0.15, 0.2) is 0 Å². The zero-order chi connectivity index (χ0) is 57.1. The molecule has 2 aromatic heterocycles. The van der Waals surface area contributed by atoms with Gasteiger partial charge in [0.1, 0.15) is 24.2 Å². The van der Waals surface area contributed by atoms with Crippen molar-refractivity contribution in [3.05, 3.63) is 169 Å². The molecule has 1 aliphatic rings. The first-order chi connectivity index (χ1) is 37.6. The van der Waals surface area contributed by atoms with Crippen LogP contribution in [0, 0.1) is 25.2 Å². The molecule has 2 atom stereocenters. The number of morpholine rings is 1. The van der Waals surface area contributed by atoms with Crippen molar-refractivity contribution in [3.63, 3.8) is 0 Å². The van der Waals surface area contributed by atoms with E-state index in [1.165, 1.54) is 80.6 Å². The van der Waals surface area contributed by atoms with Gasteiger partial charge >= 0.3 is 12.4 Å². The Kier molecular flexibility index (Phi) is 19.6. The molecule has 0 saturated carbocycles. The Morgan fingerprint density at radius 3 is 1.48 bits per heavy atom. The van der Waals surface area contributed by atoms with Crippen molar-refractivity contribution < 1.29 is 63.0 Å². The standard InChI is InChI=1S/C55H55F6N7O9S2/c1-36-48(78(73)44-15-11-38(35-62)12-16-44)33-46(52(71)66(36)42-9-3-7-39(31-42)54(56,57)58)50(69)64-19-27-75-25-5-21-68(23-29-77-30-24-68)22-6-26-76-28-20-65-51(70)47-34-49(79(74)45-17-13-41(63)14-18-45)37(2)67(53(47)72)43-10-4-8-40(32-43)55(59,60)61/h3-4,7-18,31-34H,5-6,19-30,63H2,1-2H3,(H-,64,65,69,70)/p+1. The molecule has 1 fully saturated rings. The number of carbonyl (C=O) groups excluding carboxylic acids is 2. The van der Waals surface area contributed by atoms with Crippen molar-refractivity contribution in [3.8, 4) is 17.4 Å². The van der Waals surface area contributed by atoms with Gasteiger partial charge in [0.2, 0.25) is 0 Å². The van der Waals surface area contributed by atoms with E-state index in [2.05, 4.69) is 10.6 Å². The van der Waals surface area contributed by atoms with E-state index in [1.54, 1.807) is 0 Å². The van der Waals surface area contributed by atoms with Crippen LogP contribution in [0.3, 0.4) is 0 Å². The number of aromatic nitrogens is 2. The number of halogens is 6. The molecule has 1 saturated heterocycles. The van der Waals surface area contributed by atoms with Crippen LogP contribution in [-0.2, 0) is 48.2 Å². The predicted octanol–water partition coefficient (Wildman–Crippen LogP) is 7.25. The van der Waals surface area contributed by atoms with Gasteiger partial charge in [-0.25, -0.2) is 8.42 Å². The number of rotatable bonds is 22. The number of pyridine rings is 2. The third kappa shape index (κ3) is 14.7. The summed E-state index contributed by atoms with van der Waals surface area (Å²) in [5, 5.41) is 14.5. The summed E-state index contributed by atoms with van der Waals surface area (Å²) in [5.41, 5.74) is 1.47. The molecule has 24 heteroatoms. The molecule has 2 unspecified atom stereocenters. The molecule has 0 bridgehead atoms. The normalized spacial score (nSPS) is 14.3. The second-order valence-corrected chi connectivity index (χ2v) is 21.3. The molecule has 79 heavy (non-hydrogen) atoms. The van der Waals surface area contributed by atoms with Crippen LogP contribution in [0.25, 0.3) is 11.4 Å². The molecule has 4 N–H and O–H groups in total. The van der Waals surface area contributed by atoms with Gasteiger partial charge < -0.3 is 35.1 Å². The van der Waals surface area contributed by atoms with Crippen LogP contribution in [0.1, 0.15) is 61.6 Å². The average Bonchev–Trinajstić information content (AvgIpc) is 3.44. The van der Waals surface area contributed by atoms with E-state index < -0.39 is 79.1 Å². The quantitative estimate of drug-likeness (QED) is 0.0267. The van der Waals surface area contributed by atoms with E-state index in [4.69, 9.17) is 19.9 Å². The van der Waals surface area contributed by atoms with E-state index in [9.17, 15) is 59.2 Å². The average molecular weight is 1140 g/mol. The molecular formula is C55H56F6N7O9S2+. The number of benzene rings is 4. The summed E-state index contributed by atoms with van der Waals surface area (Å²) in [5.74, 6) is -1.70. The van der Waals surface area contributed by atoms with Crippen LogP contribution in [0.15, 0.2) is 138 Å². The topological polar surface area (TPSA) is 214 Å². The maximum Gasteiger partial charge on any atom is 0.416 e. The molecule has 3 heterocycles. The first-order valence-electron chi connectivity index (χ1n) is 24.8. The Balaban J connectivity index is 0.912. The zero-order valence-electron chi connectivity index (χ0n) is 42.9. The Morgan fingerprint density at radius 2 is 1.08 bits per heavy atom. The maximum absolute atomic E-state index is 13.9. The van der Waals surface area contributed by atoms with Crippen molar-refractivity contribution in [2.45, 2.75) is 58.6 Å². The third-order valence-corrected chi connectivity index (χ3v) is 16.2. The number of amides is 2. The number of hydrogen-bond acceptors (Lipinski definition) is 11. The van der Waals surface area contributed by atoms with Gasteiger partial charge in [-0.3, -0.25) is 28.3 Å². The summed E-state index contributed by atoms with van der Waals surface area (Å²) >= 11 is 0. The number of nitrogens with two attached hydrogens (primary N) is 1. The Hall–Kier alpha value is -7.27. The van der Waals surface area contributed by atoms with Crippen LogP contribution >= 0.6 is 0 Å². The van der Waals surface area contributed by atoms with Crippen LogP contribution in [0.4, 0.5) is 32.0 Å². The van der Waals surface area contributed by atoms with Gasteiger partial charge in [-0.2, -0.15) is 31.6 Å². The lowest BCUT2D eigenvalue weighted by Crippen LogP contribution is -2.56. The fourth-order valence-electron chi connectivity index (χ4n) is 8.99. The van der Waals surface area contributed by atoms with Gasteiger partial charge in [0.05, 0.1) is 107 Å². The van der Waals surface area contributed by atoms with Crippen molar-refractivity contribution >= 4 is 39.1 Å². The number of nitriles is 1. The summed E-state index contributed by atoms with van der Waals surface area (Å²) in [6, 6.07) is 24.2. The van der Waals surface area contributed by atoms with Gasteiger partial charge in [0, 0.05) is 64.2 Å². The zero-order valence-corrected chi connectivity index (χ0v) is 44.5. The monoisotopic (exact) mass is 1140 g/mol. The van der Waals surface area contributed by atoms with Crippen molar-refractivity contribution in [2.75, 3.05) is 84.6 Å². The lowest BCUT2D eigenvalue weighted by atomic mass is 10.1. The Morgan fingerprint density at radius 1 is 0.658 bits per heavy atom. The summed E-state index contributed by atoms with van der Waals surface area (Å²) in [6.45, 7) is 7.55. The molecule has 0 radical (unpaired) electrons. The molecule has 2 amide bonds. The van der Waals surface area contributed by atoms with Crippen LogP contribution in [-0.4, -0.2) is 113 Å². The van der Waals surface area contributed by atoms with E-state index in [-0.39, 0.29) is 68.6 Å². The summed E-state index contributed by atoms with van der Waals surface area (Å²) in [6.07, 6.45) is -8.19. The molecular weight excluding hydrogens is 1080 g/mol. The second-order valence-electron chi connectivity index (χ2n) is 18.4. The van der Waals surface area contributed by atoms with E-state index >= 15 is 0 Å². The first kappa shape index (κ1) is 59.4. The second kappa shape index (κ2) is 26.1. The van der Waals surface area contributed by atoms with Crippen molar-refractivity contribution in [1.29, 1.82) is 5.26 Å². The summed E-state index contributed by atoms with van der Waals surface area (Å²) in [4.78, 5) is 55.5. The highest BCUT2D eigenvalue weighted by atomic mass is 32.2. The smallest absolute Gasteiger partial charge is 0.399 e. The van der Waals surface area contributed by atoms with Gasteiger partial charge in [-0.15, -0.1) is 0 Å². The number of nitrogens with zero attached hydrogens (tertiary/aromatic N) is 4. The Labute approximate surface area is 455 Å². The lowest BCUT2D eigenvalue weighted by Gasteiger charge is -2.41. The van der Waals surface area contributed by atoms with Crippen LogP contribution in [0.2, 0.25) is 0 Å². The SMILES string of the molecule is Cc1c(S(=O)c2ccc(N)cc2)cc(C(=O)NCCOCCC[N+]2(CCCOCCNC(=O)c3cc(S(=O)c4ccc(C#N)cc4)c(C)n(-c4cccc(C(F)(F)F)c4)c3=O)CCOCC2)c(=O)n1-c1cccc(C(F)(F)F)c1. The summed E-state index contributed by atoms with van der Waals surface area (Å²) in [7, 11) is -3.99. The third-order valence-electron chi connectivity index (χ3n) is 13.2. The fourth-order valence-corrected chi connectivity index (χ4v) is 11.4. The minimum absolute atomic E-state index is 0.00315. The van der Waals surface area contributed by atoms with Crippen molar-refractivity contribution in [2.24, 2.45) is 0 Å². The van der Waals surface area contributed by atoms with E-state index in [0.717, 1.165) is 77.8 Å². The van der Waals surface area contributed by atoms with Crippen molar-refractivity contribution in [1.82, 2.24) is 19.8 Å². The van der Waals surface area contributed by atoms with Crippen LogP contribution < -0.4 is 27.5 Å². The largest absolute Gasteiger partial charge is 0.416 e. The molecule has 16 nitrogen and oxygen atoms in total. The highest BCUT2D eigenvalue weighted by molar-refractivity contribution is 7.85. The molecule has 0 aliphatic carbocycles. The minimum atomic E-state index is -4.74. The molecule has 0 spiro atoms. The predicted molar refractivity (Wildman–Crippen MR) is 281 cm³/mol. The van der Waals surface area contributed by atoms with Crippen LogP contribution in [0.5, 0.6) is 0 Å². The highest BCUT2D eigenvalue weighted by Gasteiger charge is 2.34. The van der Waals surface area contributed by atoms with Gasteiger partial charge in [-0.1, -0.05) is 12.1 Å². The molecule has 4 aromatic carbocycles. The highest BCUT2D eigenvalue weighted by Crippen LogP contribution is 2.33. The number of ether oxygens (including phenoxy) is 3. The number of anilines is 1.